The molecule has 3 aromatic rings. The third-order valence-corrected chi connectivity index (χ3v) is 5.08. The van der Waals surface area contributed by atoms with E-state index in [0.29, 0.717) is 5.13 Å². The molecule has 0 atom stereocenters. The molecule has 0 radical (unpaired) electrons. The predicted octanol–water partition coefficient (Wildman–Crippen LogP) is 5.16. The molecule has 0 saturated heterocycles. The Morgan fingerprint density at radius 1 is 1.04 bits per heavy atom. The first-order valence-corrected chi connectivity index (χ1v) is 9.74. The van der Waals surface area contributed by atoms with Crippen molar-refractivity contribution in [1.29, 1.82) is 0 Å². The molecule has 28 heavy (non-hydrogen) atoms. The Morgan fingerprint density at radius 3 is 2.32 bits per heavy atom. The number of carbonyl (C=O) groups is 1. The Morgan fingerprint density at radius 2 is 1.71 bits per heavy atom. The minimum Gasteiger partial charge on any atom is -0.497 e. The lowest BCUT2D eigenvalue weighted by Crippen LogP contribution is -2.10. The van der Waals surface area contributed by atoms with Crippen molar-refractivity contribution in [3.8, 4) is 16.3 Å². The van der Waals surface area contributed by atoms with Crippen LogP contribution in [0.3, 0.4) is 0 Å². The highest BCUT2D eigenvalue weighted by Crippen LogP contribution is 2.28. The highest BCUT2D eigenvalue weighted by molar-refractivity contribution is 7.18. The average molecular weight is 394 g/mol. The number of carbonyl (C=O) groups excluding carboxylic acids is 1. The number of nitrogens with zero attached hydrogens (tertiary/aromatic N) is 2. The quantitative estimate of drug-likeness (QED) is 0.608. The Hall–Kier alpha value is -2.99. The van der Waals surface area contributed by atoms with Gasteiger partial charge in [0.2, 0.25) is 11.0 Å². The van der Waals surface area contributed by atoms with Crippen LogP contribution in [0.25, 0.3) is 16.6 Å². The van der Waals surface area contributed by atoms with Gasteiger partial charge in [0.25, 0.3) is 0 Å². The Balaban J connectivity index is 1.62. The van der Waals surface area contributed by atoms with Crippen molar-refractivity contribution in [3.05, 3.63) is 65.7 Å². The van der Waals surface area contributed by atoms with Gasteiger partial charge in [-0.2, -0.15) is 0 Å². The van der Waals surface area contributed by atoms with Gasteiger partial charge in [0.15, 0.2) is 0 Å². The van der Waals surface area contributed by atoms with Gasteiger partial charge in [-0.3, -0.25) is 10.1 Å². The lowest BCUT2D eigenvalue weighted by atomic mass is 9.87. The second-order valence-corrected chi connectivity index (χ2v) is 8.31. The summed E-state index contributed by atoms with van der Waals surface area (Å²) in [6.07, 6.45) is 3.29. The van der Waals surface area contributed by atoms with Gasteiger partial charge in [-0.25, -0.2) is 0 Å². The molecule has 0 aliphatic carbocycles. The molecule has 0 aliphatic heterocycles. The van der Waals surface area contributed by atoms with Crippen molar-refractivity contribution in [2.45, 2.75) is 26.2 Å². The highest BCUT2D eigenvalue weighted by Gasteiger charge is 2.12. The SMILES string of the molecule is COc1ccc(-c2nnc(NC(=O)/C=C/c3ccc(C(C)(C)C)cc3)s2)cc1. The molecular weight excluding hydrogens is 370 g/mol. The zero-order valence-electron chi connectivity index (χ0n) is 16.4. The number of benzene rings is 2. The Kier molecular flexibility index (Phi) is 5.90. The molecule has 5 nitrogen and oxygen atoms in total. The maximum absolute atomic E-state index is 12.2. The lowest BCUT2D eigenvalue weighted by Gasteiger charge is -2.18. The Labute approximate surface area is 169 Å². The molecule has 6 heteroatoms. The number of nitrogens with one attached hydrogen (secondary N) is 1. The topological polar surface area (TPSA) is 64.1 Å². The van der Waals surface area contributed by atoms with Crippen molar-refractivity contribution in [3.63, 3.8) is 0 Å². The van der Waals surface area contributed by atoms with Crippen molar-refractivity contribution in [2.24, 2.45) is 0 Å². The van der Waals surface area contributed by atoms with Crippen LogP contribution in [0.1, 0.15) is 31.9 Å². The number of ether oxygens (including phenoxy) is 1. The van der Waals surface area contributed by atoms with E-state index in [2.05, 4.69) is 48.4 Å². The van der Waals surface area contributed by atoms with E-state index in [0.717, 1.165) is 21.9 Å². The largest absolute Gasteiger partial charge is 0.497 e. The zero-order chi connectivity index (χ0) is 20.1. The van der Waals surface area contributed by atoms with Gasteiger partial charge in [0.1, 0.15) is 10.8 Å². The van der Waals surface area contributed by atoms with Gasteiger partial charge in [-0.15, -0.1) is 10.2 Å². The van der Waals surface area contributed by atoms with Crippen LogP contribution < -0.4 is 10.1 Å². The first-order valence-electron chi connectivity index (χ1n) is 8.93. The van der Waals surface area contributed by atoms with Crippen molar-refractivity contribution in [1.82, 2.24) is 10.2 Å². The molecule has 0 spiro atoms. The van der Waals surface area contributed by atoms with E-state index in [1.54, 1.807) is 13.2 Å². The summed E-state index contributed by atoms with van der Waals surface area (Å²) in [6.45, 7) is 6.52. The van der Waals surface area contributed by atoms with Gasteiger partial charge < -0.3 is 4.74 Å². The molecule has 1 amide bonds. The smallest absolute Gasteiger partial charge is 0.250 e. The van der Waals surface area contributed by atoms with Crippen LogP contribution in [0.4, 0.5) is 5.13 Å². The molecular formula is C22H23N3O2S. The number of rotatable bonds is 5. The Bertz CT molecular complexity index is 968. The number of anilines is 1. The van der Waals surface area contributed by atoms with Crippen LogP contribution in [0, 0.1) is 0 Å². The minimum atomic E-state index is -0.239. The summed E-state index contributed by atoms with van der Waals surface area (Å²) in [7, 11) is 1.63. The monoisotopic (exact) mass is 393 g/mol. The maximum Gasteiger partial charge on any atom is 0.250 e. The van der Waals surface area contributed by atoms with Crippen LogP contribution in [0.2, 0.25) is 0 Å². The number of hydrogen-bond donors (Lipinski definition) is 1. The summed E-state index contributed by atoms with van der Waals surface area (Å²) in [5, 5.41) is 12.1. The first-order chi connectivity index (χ1) is 13.3. The third-order valence-electron chi connectivity index (χ3n) is 4.20. The highest BCUT2D eigenvalue weighted by atomic mass is 32.1. The molecule has 0 saturated carbocycles. The van der Waals surface area contributed by atoms with Crippen LogP contribution in [0.15, 0.2) is 54.6 Å². The van der Waals surface area contributed by atoms with Crippen LogP contribution in [-0.4, -0.2) is 23.2 Å². The van der Waals surface area contributed by atoms with E-state index in [1.165, 1.54) is 23.0 Å². The van der Waals surface area contributed by atoms with E-state index < -0.39 is 0 Å². The maximum atomic E-state index is 12.2. The van der Waals surface area contributed by atoms with E-state index in [9.17, 15) is 4.79 Å². The molecule has 0 unspecified atom stereocenters. The number of amides is 1. The standard InChI is InChI=1S/C22H23N3O2S/c1-22(2,3)17-10-5-15(6-11-17)7-14-19(26)23-21-25-24-20(28-21)16-8-12-18(27-4)13-9-16/h5-14H,1-4H3,(H,23,25,26)/b14-7+. The summed E-state index contributed by atoms with van der Waals surface area (Å²) in [4.78, 5) is 12.2. The summed E-state index contributed by atoms with van der Waals surface area (Å²) >= 11 is 1.33. The molecule has 1 heterocycles. The van der Waals surface area contributed by atoms with Crippen molar-refractivity contribution in [2.75, 3.05) is 12.4 Å². The molecule has 0 bridgehead atoms. The van der Waals surface area contributed by atoms with Crippen LogP contribution >= 0.6 is 11.3 Å². The predicted molar refractivity (Wildman–Crippen MR) is 115 cm³/mol. The van der Waals surface area contributed by atoms with Gasteiger partial charge in [0, 0.05) is 11.6 Å². The molecule has 1 aromatic heterocycles. The van der Waals surface area contributed by atoms with Crippen molar-refractivity contribution >= 4 is 28.5 Å². The normalized spacial score (nSPS) is 11.6. The van der Waals surface area contributed by atoms with E-state index in [1.807, 2.05) is 36.4 Å². The van der Waals surface area contributed by atoms with Crippen molar-refractivity contribution < 1.29 is 9.53 Å². The number of aromatic nitrogens is 2. The molecule has 1 N–H and O–H groups in total. The van der Waals surface area contributed by atoms with Crippen LogP contribution in [0.5, 0.6) is 5.75 Å². The van der Waals surface area contributed by atoms with Gasteiger partial charge >= 0.3 is 0 Å². The summed E-state index contributed by atoms with van der Waals surface area (Å²) in [5.41, 5.74) is 3.26. The summed E-state index contributed by atoms with van der Waals surface area (Å²) in [5.74, 6) is 0.541. The number of hydrogen-bond acceptors (Lipinski definition) is 5. The van der Waals surface area contributed by atoms with E-state index in [4.69, 9.17) is 4.74 Å². The lowest BCUT2D eigenvalue weighted by molar-refractivity contribution is -0.111. The van der Waals surface area contributed by atoms with Gasteiger partial charge in [0.05, 0.1) is 7.11 Å². The first kappa shape index (κ1) is 19.8. The van der Waals surface area contributed by atoms with E-state index >= 15 is 0 Å². The molecule has 0 fully saturated rings. The zero-order valence-corrected chi connectivity index (χ0v) is 17.2. The fourth-order valence-corrected chi connectivity index (χ4v) is 3.29. The average Bonchev–Trinajstić information content (AvgIpc) is 3.14. The van der Waals surface area contributed by atoms with Gasteiger partial charge in [-0.1, -0.05) is 56.4 Å². The minimum absolute atomic E-state index is 0.110. The molecule has 3 rings (SSSR count). The van der Waals surface area contributed by atoms with Crippen LogP contribution in [-0.2, 0) is 10.2 Å². The fourth-order valence-electron chi connectivity index (χ4n) is 2.54. The second-order valence-electron chi connectivity index (χ2n) is 7.34. The van der Waals surface area contributed by atoms with Gasteiger partial charge in [-0.05, 0) is 46.9 Å². The summed E-state index contributed by atoms with van der Waals surface area (Å²) in [6, 6.07) is 15.7. The second kappa shape index (κ2) is 8.35. The summed E-state index contributed by atoms with van der Waals surface area (Å²) < 4.78 is 5.15. The molecule has 144 valence electrons. The molecule has 2 aromatic carbocycles. The third kappa shape index (κ3) is 5.04. The number of methoxy groups -OCH3 is 1. The molecule has 0 aliphatic rings. The van der Waals surface area contributed by atoms with E-state index in [-0.39, 0.29) is 11.3 Å². The fraction of sp³-hybridized carbons (Fsp3) is 0.227.